The lowest BCUT2D eigenvalue weighted by molar-refractivity contribution is 0.305. The predicted molar refractivity (Wildman–Crippen MR) is 80.7 cm³/mol. The molecule has 0 radical (unpaired) electrons. The minimum atomic E-state index is 0.352. The molecule has 2 N–H and O–H groups in total. The third-order valence-corrected chi connectivity index (χ3v) is 4.60. The molecule has 1 aliphatic rings. The fourth-order valence-corrected chi connectivity index (χ4v) is 3.33. The molecule has 2 nitrogen and oxygen atoms in total. The molecule has 0 saturated heterocycles. The van der Waals surface area contributed by atoms with Crippen LogP contribution in [-0.2, 0) is 6.42 Å². The van der Waals surface area contributed by atoms with Crippen molar-refractivity contribution in [2.45, 2.75) is 52.9 Å². The molecule has 0 heterocycles. The molecule has 1 aliphatic carbocycles. The van der Waals surface area contributed by atoms with Gasteiger partial charge in [0, 0.05) is 0 Å². The highest BCUT2D eigenvalue weighted by atomic mass is 16.5. The van der Waals surface area contributed by atoms with Crippen LogP contribution in [0, 0.1) is 19.3 Å². The Morgan fingerprint density at radius 2 is 1.84 bits per heavy atom. The zero-order valence-electron chi connectivity index (χ0n) is 12.6. The van der Waals surface area contributed by atoms with Crippen LogP contribution >= 0.6 is 0 Å². The SMILES string of the molecule is CCOc1cc(C)c(CC2(CN)CCCC2)cc1C. The van der Waals surface area contributed by atoms with Crippen LogP contribution in [0.5, 0.6) is 5.75 Å². The molecular weight excluding hydrogens is 234 g/mol. The molecule has 0 amide bonds. The first kappa shape index (κ1) is 14.4. The van der Waals surface area contributed by atoms with Crippen molar-refractivity contribution in [1.29, 1.82) is 0 Å². The van der Waals surface area contributed by atoms with Crippen molar-refractivity contribution in [3.05, 3.63) is 28.8 Å². The molecule has 0 atom stereocenters. The first-order chi connectivity index (χ1) is 9.10. The van der Waals surface area contributed by atoms with Crippen molar-refractivity contribution in [1.82, 2.24) is 0 Å². The standard InChI is InChI=1S/C17H27NO/c1-4-19-16-10-13(2)15(9-14(16)3)11-17(12-18)7-5-6-8-17/h9-10H,4-8,11-12,18H2,1-3H3. The van der Waals surface area contributed by atoms with Gasteiger partial charge in [-0.25, -0.2) is 0 Å². The maximum absolute atomic E-state index is 6.06. The van der Waals surface area contributed by atoms with Gasteiger partial charge in [-0.05, 0) is 74.8 Å². The van der Waals surface area contributed by atoms with Crippen LogP contribution in [0.3, 0.4) is 0 Å². The number of hydrogen-bond donors (Lipinski definition) is 1. The van der Waals surface area contributed by atoms with E-state index in [1.54, 1.807) is 0 Å². The Morgan fingerprint density at radius 1 is 1.16 bits per heavy atom. The molecule has 1 fully saturated rings. The van der Waals surface area contributed by atoms with E-state index in [2.05, 4.69) is 26.0 Å². The van der Waals surface area contributed by atoms with Gasteiger partial charge in [0.2, 0.25) is 0 Å². The van der Waals surface area contributed by atoms with E-state index in [0.717, 1.165) is 25.3 Å². The smallest absolute Gasteiger partial charge is 0.122 e. The maximum Gasteiger partial charge on any atom is 0.122 e. The van der Waals surface area contributed by atoms with E-state index in [0.29, 0.717) is 5.41 Å². The summed E-state index contributed by atoms with van der Waals surface area (Å²) < 4.78 is 5.67. The van der Waals surface area contributed by atoms with Gasteiger partial charge >= 0.3 is 0 Å². The van der Waals surface area contributed by atoms with Crippen LogP contribution in [0.4, 0.5) is 0 Å². The third kappa shape index (κ3) is 3.11. The zero-order valence-corrected chi connectivity index (χ0v) is 12.6. The second-order valence-corrected chi connectivity index (χ2v) is 6.07. The summed E-state index contributed by atoms with van der Waals surface area (Å²) in [5.74, 6) is 1.02. The largest absolute Gasteiger partial charge is 0.494 e. The lowest BCUT2D eigenvalue weighted by Gasteiger charge is -2.28. The summed E-state index contributed by atoms with van der Waals surface area (Å²) in [6, 6.07) is 4.49. The molecular formula is C17H27NO. The van der Waals surface area contributed by atoms with E-state index in [1.165, 1.54) is 42.4 Å². The van der Waals surface area contributed by atoms with Gasteiger partial charge in [0.15, 0.2) is 0 Å². The Labute approximate surface area is 117 Å². The lowest BCUT2D eigenvalue weighted by Crippen LogP contribution is -2.30. The molecule has 2 heteroatoms. The molecule has 1 aromatic carbocycles. The Balaban J connectivity index is 2.23. The minimum Gasteiger partial charge on any atom is -0.494 e. The van der Waals surface area contributed by atoms with Crippen molar-refractivity contribution in [2.75, 3.05) is 13.2 Å². The van der Waals surface area contributed by atoms with Gasteiger partial charge in [0.05, 0.1) is 6.61 Å². The number of benzene rings is 1. The van der Waals surface area contributed by atoms with Crippen LogP contribution in [0.25, 0.3) is 0 Å². The summed E-state index contributed by atoms with van der Waals surface area (Å²) in [4.78, 5) is 0. The Hall–Kier alpha value is -1.02. The molecule has 19 heavy (non-hydrogen) atoms. The third-order valence-electron chi connectivity index (χ3n) is 4.60. The number of hydrogen-bond acceptors (Lipinski definition) is 2. The molecule has 2 rings (SSSR count). The second kappa shape index (κ2) is 5.96. The summed E-state index contributed by atoms with van der Waals surface area (Å²) in [6.07, 6.45) is 6.38. The second-order valence-electron chi connectivity index (χ2n) is 6.07. The molecule has 0 aromatic heterocycles. The average Bonchev–Trinajstić information content (AvgIpc) is 2.85. The van der Waals surface area contributed by atoms with Crippen molar-refractivity contribution in [3.63, 3.8) is 0 Å². The molecule has 0 bridgehead atoms. The van der Waals surface area contributed by atoms with E-state index in [-0.39, 0.29) is 0 Å². The summed E-state index contributed by atoms with van der Waals surface area (Å²) in [7, 11) is 0. The van der Waals surface area contributed by atoms with Crippen molar-refractivity contribution < 1.29 is 4.74 Å². The van der Waals surface area contributed by atoms with Crippen LogP contribution in [0.2, 0.25) is 0 Å². The average molecular weight is 261 g/mol. The normalized spacial score (nSPS) is 17.7. The molecule has 0 spiro atoms. The van der Waals surface area contributed by atoms with Gasteiger partial charge in [-0.1, -0.05) is 18.9 Å². The summed E-state index contributed by atoms with van der Waals surface area (Å²) in [5.41, 5.74) is 10.4. The highest BCUT2D eigenvalue weighted by molar-refractivity contribution is 5.42. The number of aryl methyl sites for hydroxylation is 2. The molecule has 1 aromatic rings. The Bertz CT molecular complexity index is 433. The molecule has 1 saturated carbocycles. The Morgan fingerprint density at radius 3 is 2.42 bits per heavy atom. The molecule has 106 valence electrons. The van der Waals surface area contributed by atoms with Gasteiger partial charge in [-0.2, -0.15) is 0 Å². The topological polar surface area (TPSA) is 35.2 Å². The van der Waals surface area contributed by atoms with Crippen LogP contribution in [0.15, 0.2) is 12.1 Å². The van der Waals surface area contributed by atoms with E-state index >= 15 is 0 Å². The highest BCUT2D eigenvalue weighted by Gasteiger charge is 2.32. The lowest BCUT2D eigenvalue weighted by atomic mass is 9.79. The maximum atomic E-state index is 6.06. The number of nitrogens with two attached hydrogens (primary N) is 1. The molecule has 0 aliphatic heterocycles. The fraction of sp³-hybridized carbons (Fsp3) is 0.647. The zero-order chi connectivity index (χ0) is 13.9. The van der Waals surface area contributed by atoms with Crippen LogP contribution in [-0.4, -0.2) is 13.2 Å². The van der Waals surface area contributed by atoms with Crippen molar-refractivity contribution in [3.8, 4) is 5.75 Å². The van der Waals surface area contributed by atoms with Gasteiger partial charge in [-0.3, -0.25) is 0 Å². The van der Waals surface area contributed by atoms with E-state index in [1.807, 2.05) is 6.92 Å². The van der Waals surface area contributed by atoms with Crippen LogP contribution < -0.4 is 10.5 Å². The van der Waals surface area contributed by atoms with E-state index in [4.69, 9.17) is 10.5 Å². The summed E-state index contributed by atoms with van der Waals surface area (Å²) in [6.45, 7) is 7.91. The quantitative estimate of drug-likeness (QED) is 0.876. The highest BCUT2D eigenvalue weighted by Crippen LogP contribution is 2.41. The van der Waals surface area contributed by atoms with Gasteiger partial charge in [-0.15, -0.1) is 0 Å². The first-order valence-corrected chi connectivity index (χ1v) is 7.53. The first-order valence-electron chi connectivity index (χ1n) is 7.53. The van der Waals surface area contributed by atoms with E-state index in [9.17, 15) is 0 Å². The Kier molecular flexibility index (Phi) is 4.51. The van der Waals surface area contributed by atoms with Gasteiger partial charge in [0.25, 0.3) is 0 Å². The van der Waals surface area contributed by atoms with Gasteiger partial charge in [0.1, 0.15) is 5.75 Å². The monoisotopic (exact) mass is 261 g/mol. The predicted octanol–water partition coefficient (Wildman–Crippen LogP) is 3.76. The van der Waals surface area contributed by atoms with Crippen molar-refractivity contribution in [2.24, 2.45) is 11.1 Å². The fourth-order valence-electron chi connectivity index (χ4n) is 3.33. The molecule has 0 unspecified atom stereocenters. The van der Waals surface area contributed by atoms with E-state index < -0.39 is 0 Å². The van der Waals surface area contributed by atoms with Gasteiger partial charge < -0.3 is 10.5 Å². The van der Waals surface area contributed by atoms with Crippen LogP contribution in [0.1, 0.15) is 49.3 Å². The number of rotatable bonds is 5. The summed E-state index contributed by atoms with van der Waals surface area (Å²) >= 11 is 0. The van der Waals surface area contributed by atoms with Crippen molar-refractivity contribution >= 4 is 0 Å². The number of ether oxygens (including phenoxy) is 1. The summed E-state index contributed by atoms with van der Waals surface area (Å²) in [5, 5.41) is 0. The minimum absolute atomic E-state index is 0.352.